The third-order valence-electron chi connectivity index (χ3n) is 4.69. The second kappa shape index (κ2) is 9.39. The Morgan fingerprint density at radius 3 is 2.32 bits per heavy atom. The number of nitrogens with zero attached hydrogens (tertiary/aromatic N) is 2. The van der Waals surface area contributed by atoms with E-state index in [0.717, 1.165) is 20.1 Å². The first-order chi connectivity index (χ1) is 14.9. The van der Waals surface area contributed by atoms with Crippen LogP contribution >= 0.6 is 43.5 Å². The first-order valence-electron chi connectivity index (χ1n) is 9.45. The van der Waals surface area contributed by atoms with Gasteiger partial charge in [-0.1, -0.05) is 41.9 Å². The van der Waals surface area contributed by atoms with Gasteiger partial charge in [0.2, 0.25) is 0 Å². The van der Waals surface area contributed by atoms with Crippen LogP contribution in [0.3, 0.4) is 0 Å². The number of benzene rings is 3. The van der Waals surface area contributed by atoms with Crippen LogP contribution < -0.4 is 9.75 Å². The molecule has 31 heavy (non-hydrogen) atoms. The van der Waals surface area contributed by atoms with E-state index in [4.69, 9.17) is 16.3 Å². The normalized spacial score (nSPS) is 14.8. The Morgan fingerprint density at radius 2 is 1.68 bits per heavy atom. The second-order valence-corrected chi connectivity index (χ2v) is 9.07. The van der Waals surface area contributed by atoms with Gasteiger partial charge in [-0.05, 0) is 92.4 Å². The van der Waals surface area contributed by atoms with Crippen LogP contribution in [0.1, 0.15) is 18.1 Å². The Morgan fingerprint density at radius 1 is 1.03 bits per heavy atom. The molecule has 0 aliphatic carbocycles. The summed E-state index contributed by atoms with van der Waals surface area (Å²) in [6, 6.07) is 20.8. The Kier molecular flexibility index (Phi) is 6.60. The van der Waals surface area contributed by atoms with Gasteiger partial charge in [-0.15, -0.1) is 0 Å². The lowest BCUT2D eigenvalue weighted by atomic mass is 10.1. The van der Waals surface area contributed by atoms with Crippen LogP contribution in [0.2, 0.25) is 5.02 Å². The van der Waals surface area contributed by atoms with Gasteiger partial charge in [-0.25, -0.2) is 0 Å². The van der Waals surface area contributed by atoms with Gasteiger partial charge in [0, 0.05) is 5.02 Å². The summed E-state index contributed by atoms with van der Waals surface area (Å²) in [6.07, 6.45) is 1.83. The summed E-state index contributed by atoms with van der Waals surface area (Å²) in [5, 5.41) is 6.41. The van der Waals surface area contributed by atoms with Gasteiger partial charge >= 0.3 is 0 Å². The molecule has 0 radical (unpaired) electrons. The van der Waals surface area contributed by atoms with Crippen LogP contribution in [-0.2, 0) is 11.4 Å². The number of rotatable bonds is 5. The topological polar surface area (TPSA) is 41.9 Å². The lowest BCUT2D eigenvalue weighted by Crippen LogP contribution is -2.21. The molecule has 0 fully saturated rings. The van der Waals surface area contributed by atoms with Crippen molar-refractivity contribution in [2.75, 3.05) is 5.01 Å². The molecule has 1 aliphatic heterocycles. The first-order valence-corrected chi connectivity index (χ1v) is 11.4. The molecule has 4 nitrogen and oxygen atoms in total. The number of hydrazone groups is 1. The fourth-order valence-electron chi connectivity index (χ4n) is 3.14. The number of amides is 1. The van der Waals surface area contributed by atoms with Gasteiger partial charge in [0.15, 0.2) is 0 Å². The second-order valence-electron chi connectivity index (χ2n) is 6.92. The van der Waals surface area contributed by atoms with Crippen molar-refractivity contribution in [1.29, 1.82) is 0 Å². The van der Waals surface area contributed by atoms with Crippen molar-refractivity contribution in [2.45, 2.75) is 13.5 Å². The largest absolute Gasteiger partial charge is 0.487 e. The van der Waals surface area contributed by atoms with Crippen molar-refractivity contribution >= 4 is 66.8 Å². The molecule has 156 valence electrons. The molecule has 3 aromatic carbocycles. The molecule has 0 atom stereocenters. The standard InChI is InChI=1S/C24H17Br2ClN2O2/c1-15-20(24(30)29(28-15)19-9-7-18(27)8-10-19)11-17-12-21(25)23(22(26)13-17)31-14-16-5-3-2-4-6-16/h2-13H,14H2,1H3. The van der Waals surface area contributed by atoms with Gasteiger partial charge in [0.25, 0.3) is 5.91 Å². The molecule has 0 saturated heterocycles. The molecule has 0 unspecified atom stereocenters. The fraction of sp³-hybridized carbons (Fsp3) is 0.0833. The van der Waals surface area contributed by atoms with E-state index in [1.807, 2.05) is 55.5 Å². The molecular formula is C24H17Br2ClN2O2. The summed E-state index contributed by atoms with van der Waals surface area (Å²) in [6.45, 7) is 2.28. The van der Waals surface area contributed by atoms with Gasteiger partial charge in [0.1, 0.15) is 12.4 Å². The maximum Gasteiger partial charge on any atom is 0.280 e. The maximum atomic E-state index is 13.0. The zero-order valence-corrected chi connectivity index (χ0v) is 20.4. The molecular weight excluding hydrogens is 544 g/mol. The van der Waals surface area contributed by atoms with E-state index in [1.54, 1.807) is 24.3 Å². The van der Waals surface area contributed by atoms with E-state index >= 15 is 0 Å². The van der Waals surface area contributed by atoms with Crippen LogP contribution in [0.15, 0.2) is 86.3 Å². The highest BCUT2D eigenvalue weighted by Crippen LogP contribution is 2.36. The van der Waals surface area contributed by atoms with Crippen LogP contribution in [0, 0.1) is 0 Å². The minimum atomic E-state index is -0.184. The molecule has 1 amide bonds. The van der Waals surface area contributed by atoms with Crippen molar-refractivity contribution in [3.63, 3.8) is 0 Å². The zero-order valence-electron chi connectivity index (χ0n) is 16.5. The predicted molar refractivity (Wildman–Crippen MR) is 133 cm³/mol. The minimum Gasteiger partial charge on any atom is -0.487 e. The number of hydrogen-bond donors (Lipinski definition) is 0. The van der Waals surface area contributed by atoms with Crippen LogP contribution in [0.5, 0.6) is 5.75 Å². The number of carbonyl (C=O) groups excluding carboxylic acids is 1. The highest BCUT2D eigenvalue weighted by atomic mass is 79.9. The quantitative estimate of drug-likeness (QED) is 0.309. The molecule has 7 heteroatoms. The van der Waals surface area contributed by atoms with E-state index in [9.17, 15) is 4.79 Å². The SMILES string of the molecule is CC1=NN(c2ccc(Cl)cc2)C(=O)C1=Cc1cc(Br)c(OCc2ccccc2)c(Br)c1. The molecule has 4 rings (SSSR count). The molecule has 0 saturated carbocycles. The molecule has 3 aromatic rings. The third-order valence-corrected chi connectivity index (χ3v) is 6.12. The van der Waals surface area contributed by atoms with Crippen LogP contribution in [0.25, 0.3) is 6.08 Å². The van der Waals surface area contributed by atoms with Gasteiger partial charge < -0.3 is 4.74 Å². The van der Waals surface area contributed by atoms with E-state index in [0.29, 0.717) is 34.4 Å². The fourth-order valence-corrected chi connectivity index (χ4v) is 4.72. The van der Waals surface area contributed by atoms with E-state index < -0.39 is 0 Å². The average Bonchev–Trinajstić information content (AvgIpc) is 3.03. The van der Waals surface area contributed by atoms with Gasteiger partial charge in [-0.2, -0.15) is 10.1 Å². The highest BCUT2D eigenvalue weighted by Gasteiger charge is 2.28. The summed E-state index contributed by atoms with van der Waals surface area (Å²) >= 11 is 13.1. The molecule has 1 aliphatic rings. The molecule has 0 N–H and O–H groups in total. The van der Waals surface area contributed by atoms with Crippen molar-refractivity contribution in [3.8, 4) is 5.75 Å². The van der Waals surface area contributed by atoms with E-state index in [1.165, 1.54) is 5.01 Å². The Labute approximate surface area is 202 Å². The molecule has 1 heterocycles. The Balaban J connectivity index is 1.56. The molecule has 0 aromatic heterocycles. The predicted octanol–water partition coefficient (Wildman–Crippen LogP) is 7.25. The number of carbonyl (C=O) groups is 1. The minimum absolute atomic E-state index is 0.184. The molecule has 0 spiro atoms. The summed E-state index contributed by atoms with van der Waals surface area (Å²) in [5.74, 6) is 0.522. The van der Waals surface area contributed by atoms with Crippen molar-refractivity contribution in [1.82, 2.24) is 0 Å². The van der Waals surface area contributed by atoms with Gasteiger partial charge in [-0.3, -0.25) is 4.79 Å². The zero-order chi connectivity index (χ0) is 22.0. The highest BCUT2D eigenvalue weighted by molar-refractivity contribution is 9.11. The molecule has 0 bridgehead atoms. The van der Waals surface area contributed by atoms with Crippen molar-refractivity contribution < 1.29 is 9.53 Å². The third kappa shape index (κ3) is 4.92. The number of hydrogen-bond acceptors (Lipinski definition) is 3. The summed E-state index contributed by atoms with van der Waals surface area (Å²) in [7, 11) is 0. The van der Waals surface area contributed by atoms with Crippen LogP contribution in [0.4, 0.5) is 5.69 Å². The van der Waals surface area contributed by atoms with Gasteiger partial charge in [0.05, 0.1) is 25.9 Å². The number of ether oxygens (including phenoxy) is 1. The summed E-state index contributed by atoms with van der Waals surface area (Å²) in [5.41, 5.74) is 3.78. The smallest absolute Gasteiger partial charge is 0.280 e. The summed E-state index contributed by atoms with van der Waals surface area (Å²) in [4.78, 5) is 13.0. The van der Waals surface area contributed by atoms with E-state index in [2.05, 4.69) is 37.0 Å². The van der Waals surface area contributed by atoms with Crippen LogP contribution in [-0.4, -0.2) is 11.6 Å². The number of halogens is 3. The number of anilines is 1. The lowest BCUT2D eigenvalue weighted by molar-refractivity contribution is -0.114. The maximum absolute atomic E-state index is 13.0. The average molecular weight is 561 g/mol. The monoisotopic (exact) mass is 558 g/mol. The van der Waals surface area contributed by atoms with E-state index in [-0.39, 0.29) is 5.91 Å². The van der Waals surface area contributed by atoms with Crippen molar-refractivity contribution in [2.24, 2.45) is 5.10 Å². The Bertz CT molecular complexity index is 1170. The first kappa shape index (κ1) is 21.8. The van der Waals surface area contributed by atoms with Crippen molar-refractivity contribution in [3.05, 3.63) is 97.4 Å². The Hall–Kier alpha value is -2.41. The lowest BCUT2D eigenvalue weighted by Gasteiger charge is -2.12. The summed E-state index contributed by atoms with van der Waals surface area (Å²) < 4.78 is 7.56.